The van der Waals surface area contributed by atoms with Gasteiger partial charge >= 0.3 is 0 Å². The smallest absolute Gasteiger partial charge is 0.248 e. The van der Waals surface area contributed by atoms with Crippen LogP contribution in [0.5, 0.6) is 23.0 Å². The second-order valence-electron chi connectivity index (χ2n) is 8.07. The van der Waals surface area contributed by atoms with Gasteiger partial charge in [0.25, 0.3) is 0 Å². The molecule has 1 aliphatic heterocycles. The van der Waals surface area contributed by atoms with E-state index in [-0.39, 0.29) is 12.7 Å². The van der Waals surface area contributed by atoms with E-state index in [4.69, 9.17) is 18.9 Å². The van der Waals surface area contributed by atoms with Gasteiger partial charge in [-0.1, -0.05) is 6.07 Å². The fourth-order valence-corrected chi connectivity index (χ4v) is 3.61. The van der Waals surface area contributed by atoms with Crippen LogP contribution in [0.4, 0.5) is 5.69 Å². The van der Waals surface area contributed by atoms with Crippen LogP contribution in [0.15, 0.2) is 42.5 Å². The first-order chi connectivity index (χ1) is 15.4. The first kappa shape index (κ1) is 23.5. The van der Waals surface area contributed by atoms with Gasteiger partial charge in [-0.05, 0) is 63.6 Å². The molecule has 1 aliphatic rings. The molecular weight excluding hydrogens is 408 g/mol. The molecule has 7 nitrogen and oxygen atoms in total. The summed E-state index contributed by atoms with van der Waals surface area (Å²) >= 11 is 0. The number of benzene rings is 2. The molecule has 0 bridgehead atoms. The van der Waals surface area contributed by atoms with Crippen molar-refractivity contribution in [2.45, 2.75) is 39.8 Å². The SMILES string of the molecule is COc1ccc(NC(=O)/C=C/c2ccc3c(c2)OCO3)cc1OCCN(C(C)C)C(C)C. The molecule has 0 saturated carbocycles. The van der Waals surface area contributed by atoms with Crippen molar-refractivity contribution in [3.8, 4) is 23.0 Å². The molecule has 0 aromatic heterocycles. The monoisotopic (exact) mass is 440 g/mol. The Labute approximate surface area is 189 Å². The Morgan fingerprint density at radius 3 is 2.53 bits per heavy atom. The van der Waals surface area contributed by atoms with Crippen molar-refractivity contribution in [2.75, 3.05) is 32.4 Å². The van der Waals surface area contributed by atoms with Gasteiger partial charge in [0.15, 0.2) is 23.0 Å². The molecular formula is C25H32N2O5. The van der Waals surface area contributed by atoms with Crippen LogP contribution in [-0.2, 0) is 4.79 Å². The highest BCUT2D eigenvalue weighted by Crippen LogP contribution is 2.33. The van der Waals surface area contributed by atoms with E-state index >= 15 is 0 Å². The molecule has 0 fully saturated rings. The van der Waals surface area contributed by atoms with E-state index < -0.39 is 0 Å². The number of amides is 1. The number of anilines is 1. The Hall–Kier alpha value is -3.19. The highest BCUT2D eigenvalue weighted by molar-refractivity contribution is 6.02. The van der Waals surface area contributed by atoms with Crippen molar-refractivity contribution in [2.24, 2.45) is 0 Å². The van der Waals surface area contributed by atoms with Crippen molar-refractivity contribution in [1.29, 1.82) is 0 Å². The summed E-state index contributed by atoms with van der Waals surface area (Å²) < 4.78 is 22.1. The second-order valence-corrected chi connectivity index (χ2v) is 8.07. The zero-order chi connectivity index (χ0) is 23.1. The van der Waals surface area contributed by atoms with Crippen LogP contribution in [0, 0.1) is 0 Å². The van der Waals surface area contributed by atoms with Gasteiger partial charge in [-0.3, -0.25) is 9.69 Å². The van der Waals surface area contributed by atoms with Crippen molar-refractivity contribution >= 4 is 17.7 Å². The molecule has 0 atom stereocenters. The van der Waals surface area contributed by atoms with E-state index in [9.17, 15) is 4.79 Å². The van der Waals surface area contributed by atoms with E-state index in [1.165, 1.54) is 6.08 Å². The lowest BCUT2D eigenvalue weighted by molar-refractivity contribution is -0.111. The molecule has 0 saturated heterocycles. The molecule has 32 heavy (non-hydrogen) atoms. The van der Waals surface area contributed by atoms with Crippen LogP contribution >= 0.6 is 0 Å². The maximum Gasteiger partial charge on any atom is 0.248 e. The minimum absolute atomic E-state index is 0.220. The molecule has 7 heteroatoms. The molecule has 3 rings (SSSR count). The molecule has 0 unspecified atom stereocenters. The number of hydrogen-bond donors (Lipinski definition) is 1. The molecule has 172 valence electrons. The first-order valence-electron chi connectivity index (χ1n) is 10.8. The first-order valence-corrected chi connectivity index (χ1v) is 10.8. The minimum atomic E-state index is -0.246. The number of carbonyl (C=O) groups excluding carboxylic acids is 1. The zero-order valence-corrected chi connectivity index (χ0v) is 19.4. The Kier molecular flexibility index (Phi) is 8.00. The normalized spacial score (nSPS) is 12.8. The predicted molar refractivity (Wildman–Crippen MR) is 126 cm³/mol. The van der Waals surface area contributed by atoms with Crippen molar-refractivity contribution in [3.05, 3.63) is 48.0 Å². The summed E-state index contributed by atoms with van der Waals surface area (Å²) in [5, 5.41) is 2.86. The maximum absolute atomic E-state index is 12.4. The number of ether oxygens (including phenoxy) is 4. The number of hydrogen-bond acceptors (Lipinski definition) is 6. The van der Waals surface area contributed by atoms with Gasteiger partial charge in [0, 0.05) is 36.5 Å². The lowest BCUT2D eigenvalue weighted by Gasteiger charge is -2.30. The van der Waals surface area contributed by atoms with E-state index in [1.54, 1.807) is 31.4 Å². The third-order valence-corrected chi connectivity index (χ3v) is 5.19. The fourth-order valence-electron chi connectivity index (χ4n) is 3.61. The topological polar surface area (TPSA) is 69.3 Å². The molecule has 0 aliphatic carbocycles. The average molecular weight is 441 g/mol. The van der Waals surface area contributed by atoms with Crippen molar-refractivity contribution in [1.82, 2.24) is 4.90 Å². The number of methoxy groups -OCH3 is 1. The fraction of sp³-hybridized carbons (Fsp3) is 0.400. The molecule has 1 N–H and O–H groups in total. The molecule has 2 aromatic carbocycles. The lowest BCUT2D eigenvalue weighted by atomic mass is 10.2. The van der Waals surface area contributed by atoms with Crippen LogP contribution in [0.2, 0.25) is 0 Å². The Bertz CT molecular complexity index is 947. The minimum Gasteiger partial charge on any atom is -0.493 e. The Balaban J connectivity index is 1.60. The summed E-state index contributed by atoms with van der Waals surface area (Å²) in [4.78, 5) is 14.8. The standard InChI is InChI=1S/C25H32N2O5/c1-17(2)27(18(3)4)12-13-30-24-15-20(8-10-21(24)29-5)26-25(28)11-7-19-6-9-22-23(14-19)32-16-31-22/h6-11,14-15,17-18H,12-13,16H2,1-5H3,(H,26,28)/b11-7+. The number of nitrogens with zero attached hydrogens (tertiary/aromatic N) is 1. The molecule has 1 amide bonds. The van der Waals surface area contributed by atoms with Crippen molar-refractivity contribution < 1.29 is 23.7 Å². The second kappa shape index (κ2) is 10.9. The summed E-state index contributed by atoms with van der Waals surface area (Å²) in [6, 6.07) is 11.7. The van der Waals surface area contributed by atoms with Gasteiger partial charge < -0.3 is 24.3 Å². The molecule has 0 radical (unpaired) electrons. The highest BCUT2D eigenvalue weighted by atomic mass is 16.7. The van der Waals surface area contributed by atoms with E-state index in [2.05, 4.69) is 37.9 Å². The summed E-state index contributed by atoms with van der Waals surface area (Å²) in [5.41, 5.74) is 1.48. The van der Waals surface area contributed by atoms with Gasteiger partial charge in [0.2, 0.25) is 12.7 Å². The molecule has 0 spiro atoms. The summed E-state index contributed by atoms with van der Waals surface area (Å²) in [7, 11) is 1.60. The number of fused-ring (bicyclic) bond motifs is 1. The van der Waals surface area contributed by atoms with Gasteiger partial charge in [-0.15, -0.1) is 0 Å². The lowest BCUT2D eigenvalue weighted by Crippen LogP contribution is -2.39. The van der Waals surface area contributed by atoms with Crippen LogP contribution in [0.1, 0.15) is 33.3 Å². The van der Waals surface area contributed by atoms with Gasteiger partial charge in [-0.25, -0.2) is 0 Å². The van der Waals surface area contributed by atoms with Crippen LogP contribution < -0.4 is 24.3 Å². The largest absolute Gasteiger partial charge is 0.493 e. The van der Waals surface area contributed by atoms with Crippen LogP contribution in [-0.4, -0.2) is 49.9 Å². The summed E-state index contributed by atoms with van der Waals surface area (Å²) in [5.74, 6) is 2.36. The van der Waals surface area contributed by atoms with Crippen LogP contribution in [0.3, 0.4) is 0 Å². The molecule has 1 heterocycles. The molecule has 2 aromatic rings. The van der Waals surface area contributed by atoms with Crippen LogP contribution in [0.25, 0.3) is 6.08 Å². The predicted octanol–water partition coefficient (Wildman–Crippen LogP) is 4.57. The zero-order valence-electron chi connectivity index (χ0n) is 19.4. The van der Waals surface area contributed by atoms with Gasteiger partial charge in [0.1, 0.15) is 6.61 Å². The highest BCUT2D eigenvalue weighted by Gasteiger charge is 2.15. The maximum atomic E-state index is 12.4. The van der Waals surface area contributed by atoms with E-state index in [0.29, 0.717) is 47.4 Å². The third-order valence-electron chi connectivity index (χ3n) is 5.19. The van der Waals surface area contributed by atoms with E-state index in [1.807, 2.05) is 18.2 Å². The Morgan fingerprint density at radius 2 is 1.81 bits per heavy atom. The average Bonchev–Trinajstić information content (AvgIpc) is 3.23. The summed E-state index contributed by atoms with van der Waals surface area (Å²) in [6.45, 7) is 10.2. The number of rotatable bonds is 10. The Morgan fingerprint density at radius 1 is 1.06 bits per heavy atom. The van der Waals surface area contributed by atoms with Gasteiger partial charge in [0.05, 0.1) is 7.11 Å². The van der Waals surface area contributed by atoms with Gasteiger partial charge in [-0.2, -0.15) is 0 Å². The quantitative estimate of drug-likeness (QED) is 0.546. The summed E-state index contributed by atoms with van der Waals surface area (Å²) in [6.07, 6.45) is 3.20. The third kappa shape index (κ3) is 6.17. The number of carbonyl (C=O) groups is 1. The van der Waals surface area contributed by atoms with Crippen molar-refractivity contribution in [3.63, 3.8) is 0 Å². The number of nitrogens with one attached hydrogen (secondary N) is 1. The van der Waals surface area contributed by atoms with E-state index in [0.717, 1.165) is 12.1 Å².